The van der Waals surface area contributed by atoms with Gasteiger partial charge in [-0.1, -0.05) is 84.8 Å². The summed E-state index contributed by atoms with van der Waals surface area (Å²) in [5, 5.41) is 3.37. The van der Waals surface area contributed by atoms with E-state index in [1.54, 1.807) is 54.6 Å². The number of ether oxygens (including phenoxy) is 1. The molecule has 0 spiro atoms. The predicted octanol–water partition coefficient (Wildman–Crippen LogP) is 6.78. The van der Waals surface area contributed by atoms with Crippen molar-refractivity contribution in [1.82, 2.24) is 10.2 Å². The van der Waals surface area contributed by atoms with Crippen molar-refractivity contribution in [1.29, 1.82) is 0 Å². The fraction of sp³-hybridized carbons (Fsp3) is 0.257. The number of benzene rings is 4. The van der Waals surface area contributed by atoms with Gasteiger partial charge in [-0.25, -0.2) is 8.42 Å². The Morgan fingerprint density at radius 3 is 2.26 bits per heavy atom. The molecular formula is C35H37BrClN3O5S. The molecule has 0 radical (unpaired) electrons. The van der Waals surface area contributed by atoms with Gasteiger partial charge in [-0.2, -0.15) is 0 Å². The van der Waals surface area contributed by atoms with E-state index < -0.39 is 28.5 Å². The molecule has 242 valence electrons. The summed E-state index contributed by atoms with van der Waals surface area (Å²) >= 11 is 9.93. The summed E-state index contributed by atoms with van der Waals surface area (Å²) in [5.41, 5.74) is 2.71. The minimum Gasteiger partial charge on any atom is -0.496 e. The van der Waals surface area contributed by atoms with E-state index in [2.05, 4.69) is 21.2 Å². The van der Waals surface area contributed by atoms with E-state index in [-0.39, 0.29) is 23.8 Å². The van der Waals surface area contributed by atoms with Crippen molar-refractivity contribution in [2.45, 2.75) is 44.2 Å². The van der Waals surface area contributed by atoms with Gasteiger partial charge in [0.15, 0.2) is 0 Å². The molecule has 0 unspecified atom stereocenters. The van der Waals surface area contributed by atoms with E-state index in [4.69, 9.17) is 16.3 Å². The number of carbonyl (C=O) groups excluding carboxylic acids is 2. The second-order valence-electron chi connectivity index (χ2n) is 10.8. The molecule has 1 N–H and O–H groups in total. The maximum atomic E-state index is 14.5. The monoisotopic (exact) mass is 725 g/mol. The van der Waals surface area contributed by atoms with Gasteiger partial charge in [-0.15, -0.1) is 0 Å². The lowest BCUT2D eigenvalue weighted by molar-refractivity contribution is -0.140. The van der Waals surface area contributed by atoms with Crippen LogP contribution < -0.4 is 14.4 Å². The van der Waals surface area contributed by atoms with Crippen molar-refractivity contribution >= 4 is 55.1 Å². The van der Waals surface area contributed by atoms with E-state index in [1.807, 2.05) is 44.2 Å². The van der Waals surface area contributed by atoms with Crippen LogP contribution in [-0.2, 0) is 32.6 Å². The van der Waals surface area contributed by atoms with Crippen LogP contribution in [0.2, 0.25) is 5.02 Å². The molecule has 0 saturated heterocycles. The third-order valence-corrected chi connectivity index (χ3v) is 10.2. The highest BCUT2D eigenvalue weighted by molar-refractivity contribution is 9.10. The Kier molecular flexibility index (Phi) is 12.3. The Morgan fingerprint density at radius 2 is 1.63 bits per heavy atom. The van der Waals surface area contributed by atoms with Crippen LogP contribution in [-0.4, -0.2) is 51.4 Å². The van der Waals surface area contributed by atoms with E-state index >= 15 is 0 Å². The smallest absolute Gasteiger partial charge is 0.264 e. The summed E-state index contributed by atoms with van der Waals surface area (Å²) in [6.07, 6.45) is 0.925. The lowest BCUT2D eigenvalue weighted by Gasteiger charge is -2.34. The number of rotatable bonds is 14. The van der Waals surface area contributed by atoms with Gasteiger partial charge in [0.05, 0.1) is 22.2 Å². The van der Waals surface area contributed by atoms with Crippen LogP contribution >= 0.6 is 27.5 Å². The van der Waals surface area contributed by atoms with Crippen LogP contribution in [0.25, 0.3) is 0 Å². The number of nitrogens with one attached hydrogen (secondary N) is 1. The molecule has 11 heteroatoms. The Labute approximate surface area is 284 Å². The third-order valence-electron chi connectivity index (χ3n) is 7.43. The Hall–Kier alpha value is -3.86. The lowest BCUT2D eigenvalue weighted by atomic mass is 10.0. The van der Waals surface area contributed by atoms with Gasteiger partial charge < -0.3 is 15.0 Å². The van der Waals surface area contributed by atoms with Crippen molar-refractivity contribution in [3.8, 4) is 5.75 Å². The summed E-state index contributed by atoms with van der Waals surface area (Å²) in [6, 6.07) is 26.8. The highest BCUT2D eigenvalue weighted by atomic mass is 79.9. The SMILES string of the molecule is CCCNC(=O)[C@H](Cc1ccccc1)N(Cc1ccccc1Cl)C(=O)CN(c1ccc(C)cc1)S(=O)(=O)c1ccc(OC)c(Br)c1. The molecule has 0 aliphatic rings. The molecule has 4 aromatic rings. The third kappa shape index (κ3) is 8.69. The molecule has 0 fully saturated rings. The lowest BCUT2D eigenvalue weighted by Crippen LogP contribution is -2.53. The van der Waals surface area contributed by atoms with Gasteiger partial charge in [0.2, 0.25) is 11.8 Å². The number of anilines is 1. The number of hydrogen-bond donors (Lipinski definition) is 1. The zero-order valence-electron chi connectivity index (χ0n) is 26.0. The van der Waals surface area contributed by atoms with Crippen molar-refractivity contribution in [2.24, 2.45) is 0 Å². The van der Waals surface area contributed by atoms with Gasteiger partial charge in [0, 0.05) is 24.5 Å². The molecule has 0 aliphatic carbocycles. The number of sulfonamides is 1. The first-order valence-corrected chi connectivity index (χ1v) is 17.4. The number of aryl methyl sites for hydroxylation is 1. The topological polar surface area (TPSA) is 96.0 Å². The minimum absolute atomic E-state index is 0.00851. The van der Waals surface area contributed by atoms with Crippen LogP contribution in [0, 0.1) is 6.92 Å². The predicted molar refractivity (Wildman–Crippen MR) is 186 cm³/mol. The van der Waals surface area contributed by atoms with Gasteiger partial charge in [0.1, 0.15) is 18.3 Å². The first-order valence-electron chi connectivity index (χ1n) is 14.8. The summed E-state index contributed by atoms with van der Waals surface area (Å²) in [7, 11) is -2.78. The van der Waals surface area contributed by atoms with Crippen LogP contribution in [0.4, 0.5) is 5.69 Å². The van der Waals surface area contributed by atoms with Crippen LogP contribution in [0.3, 0.4) is 0 Å². The molecule has 8 nitrogen and oxygen atoms in total. The van der Waals surface area contributed by atoms with Crippen LogP contribution in [0.1, 0.15) is 30.0 Å². The number of nitrogens with zero attached hydrogens (tertiary/aromatic N) is 2. The van der Waals surface area contributed by atoms with E-state index in [0.717, 1.165) is 15.4 Å². The van der Waals surface area contributed by atoms with Crippen molar-refractivity contribution in [3.63, 3.8) is 0 Å². The maximum Gasteiger partial charge on any atom is 0.264 e. The van der Waals surface area contributed by atoms with Gasteiger partial charge in [-0.05, 0) is 76.8 Å². The fourth-order valence-corrected chi connectivity index (χ4v) is 7.23. The van der Waals surface area contributed by atoms with E-state index in [0.29, 0.717) is 39.5 Å². The van der Waals surface area contributed by atoms with Crippen LogP contribution in [0.5, 0.6) is 5.75 Å². The van der Waals surface area contributed by atoms with Crippen molar-refractivity contribution in [2.75, 3.05) is 24.5 Å². The standard InChI is InChI=1S/C35H37BrClN3O5S/c1-4-20-38-35(42)32(21-26-10-6-5-7-11-26)39(23-27-12-8-9-13-31(27)37)34(41)24-40(28-16-14-25(2)15-17-28)46(43,44)29-18-19-33(45-3)30(36)22-29/h5-19,22,32H,4,20-21,23-24H2,1-3H3,(H,38,42)/t32-/m0/s1. The number of halogens is 2. The Balaban J connectivity index is 1.81. The van der Waals surface area contributed by atoms with Crippen molar-refractivity contribution in [3.05, 3.63) is 123 Å². The number of hydrogen-bond acceptors (Lipinski definition) is 5. The van der Waals surface area contributed by atoms with Gasteiger partial charge >= 0.3 is 0 Å². The minimum atomic E-state index is -4.27. The first kappa shape index (κ1) is 35.0. The Morgan fingerprint density at radius 1 is 0.957 bits per heavy atom. The summed E-state index contributed by atoms with van der Waals surface area (Å²) < 4.78 is 35.4. The average molecular weight is 727 g/mol. The van der Waals surface area contributed by atoms with E-state index in [9.17, 15) is 18.0 Å². The fourth-order valence-electron chi connectivity index (χ4n) is 4.90. The molecule has 0 saturated carbocycles. The van der Waals surface area contributed by atoms with E-state index in [1.165, 1.54) is 24.1 Å². The molecule has 0 heterocycles. The molecule has 2 amide bonds. The second kappa shape index (κ2) is 16.1. The Bertz CT molecular complexity index is 1750. The largest absolute Gasteiger partial charge is 0.496 e. The van der Waals surface area contributed by atoms with Crippen molar-refractivity contribution < 1.29 is 22.7 Å². The zero-order valence-corrected chi connectivity index (χ0v) is 29.1. The maximum absolute atomic E-state index is 14.5. The summed E-state index contributed by atoms with van der Waals surface area (Å²) in [4.78, 5) is 29.7. The molecule has 1 atom stereocenters. The van der Waals surface area contributed by atoms with Gasteiger partial charge in [0.25, 0.3) is 10.0 Å². The molecule has 0 aromatic heterocycles. The highest BCUT2D eigenvalue weighted by Crippen LogP contribution is 2.31. The number of carbonyl (C=O) groups is 2. The van der Waals surface area contributed by atoms with Crippen LogP contribution in [0.15, 0.2) is 106 Å². The molecule has 0 aliphatic heterocycles. The average Bonchev–Trinajstić information content (AvgIpc) is 3.05. The summed E-state index contributed by atoms with van der Waals surface area (Å²) in [5.74, 6) is -0.441. The molecular weight excluding hydrogens is 690 g/mol. The normalized spacial score (nSPS) is 11.8. The second-order valence-corrected chi connectivity index (χ2v) is 13.9. The number of methoxy groups -OCH3 is 1. The highest BCUT2D eigenvalue weighted by Gasteiger charge is 2.35. The molecule has 46 heavy (non-hydrogen) atoms. The molecule has 0 bridgehead atoms. The van der Waals surface area contributed by atoms with Gasteiger partial charge in [-0.3, -0.25) is 13.9 Å². The first-order chi connectivity index (χ1) is 22.0. The summed E-state index contributed by atoms with van der Waals surface area (Å²) in [6.45, 7) is 3.69. The quantitative estimate of drug-likeness (QED) is 0.155. The zero-order chi connectivity index (χ0) is 33.3. The number of amides is 2. The molecule has 4 rings (SSSR count). The molecule has 4 aromatic carbocycles.